The fraction of sp³-hybridized carbons (Fsp3) is 0.600. The van der Waals surface area contributed by atoms with Gasteiger partial charge in [0, 0.05) is 35.5 Å². The highest BCUT2D eigenvalue weighted by atomic mass is 19.4. The zero-order chi connectivity index (χ0) is 22.9. The highest BCUT2D eigenvalue weighted by molar-refractivity contribution is 6.07. The number of nitrogens with two attached hydrogens (primary N) is 1. The molecule has 0 amide bonds. The number of nitrogens with one attached hydrogen (secondary N) is 3. The molecule has 1 aromatic heterocycles. The summed E-state index contributed by atoms with van der Waals surface area (Å²) in [5.41, 5.74) is 6.68. The Morgan fingerprint density at radius 2 is 1.97 bits per heavy atom. The van der Waals surface area contributed by atoms with Crippen LogP contribution in [-0.2, 0) is 0 Å². The van der Waals surface area contributed by atoms with Crippen LogP contribution in [0.3, 0.4) is 0 Å². The number of nitrogen functional groups attached to an aromatic ring is 1. The van der Waals surface area contributed by atoms with Gasteiger partial charge in [0.1, 0.15) is 0 Å². The molecular formula is C20H26F5N5O. The molecule has 1 heterocycles. The van der Waals surface area contributed by atoms with Crippen LogP contribution in [0.5, 0.6) is 5.75 Å². The van der Waals surface area contributed by atoms with Crippen molar-refractivity contribution in [1.82, 2.24) is 15.6 Å². The van der Waals surface area contributed by atoms with Crippen molar-refractivity contribution >= 4 is 11.5 Å². The van der Waals surface area contributed by atoms with Crippen LogP contribution in [0.25, 0.3) is 0 Å². The first-order chi connectivity index (χ1) is 14.4. The summed E-state index contributed by atoms with van der Waals surface area (Å²) in [4.78, 5) is 3.82. The molecular weight excluding hydrogens is 421 g/mol. The van der Waals surface area contributed by atoms with Crippen molar-refractivity contribution in [2.75, 3.05) is 12.3 Å². The first-order valence-corrected chi connectivity index (χ1v) is 10.0. The Balaban J connectivity index is 1.69. The molecule has 0 aromatic carbocycles. The molecule has 0 bridgehead atoms. The molecule has 0 spiro atoms. The van der Waals surface area contributed by atoms with Crippen LogP contribution in [0.4, 0.5) is 27.8 Å². The van der Waals surface area contributed by atoms with Gasteiger partial charge in [0.15, 0.2) is 11.6 Å². The number of hydrogen-bond acceptors (Lipinski definition) is 6. The van der Waals surface area contributed by atoms with Crippen molar-refractivity contribution in [2.45, 2.75) is 51.6 Å². The minimum atomic E-state index is -4.23. The average Bonchev–Trinajstić information content (AvgIpc) is 3.14. The van der Waals surface area contributed by atoms with Gasteiger partial charge in [-0.3, -0.25) is 0 Å². The summed E-state index contributed by atoms with van der Waals surface area (Å²) in [5, 5.41) is 14.3. The van der Waals surface area contributed by atoms with Gasteiger partial charge in [-0.2, -0.15) is 22.0 Å². The lowest BCUT2D eigenvalue weighted by Crippen LogP contribution is -2.37. The summed E-state index contributed by atoms with van der Waals surface area (Å²) in [6, 6.07) is 1.16. The number of halogens is 5. The lowest BCUT2D eigenvalue weighted by atomic mass is 10.0. The number of anilines is 1. The highest BCUT2D eigenvalue weighted by Gasteiger charge is 2.57. The Labute approximate surface area is 176 Å². The van der Waals surface area contributed by atoms with E-state index < -0.39 is 19.3 Å². The van der Waals surface area contributed by atoms with Crippen LogP contribution >= 0.6 is 0 Å². The maximum atomic E-state index is 12.5. The normalized spacial score (nSPS) is 25.6. The van der Waals surface area contributed by atoms with E-state index in [2.05, 4.69) is 20.4 Å². The van der Waals surface area contributed by atoms with E-state index in [-0.39, 0.29) is 52.7 Å². The molecule has 0 aliphatic heterocycles. The van der Waals surface area contributed by atoms with Crippen LogP contribution < -0.4 is 21.1 Å². The summed E-state index contributed by atoms with van der Waals surface area (Å²) < 4.78 is 66.7. The molecule has 5 N–H and O–H groups in total. The summed E-state index contributed by atoms with van der Waals surface area (Å²) in [5.74, 6) is 0.128. The molecule has 0 unspecified atom stereocenters. The van der Waals surface area contributed by atoms with Gasteiger partial charge in [-0.1, -0.05) is 0 Å². The van der Waals surface area contributed by atoms with E-state index >= 15 is 0 Å². The van der Waals surface area contributed by atoms with Crippen LogP contribution in [0, 0.1) is 23.2 Å². The van der Waals surface area contributed by atoms with E-state index in [1.807, 2.05) is 13.8 Å². The van der Waals surface area contributed by atoms with Crippen molar-refractivity contribution in [2.24, 2.45) is 17.8 Å². The van der Waals surface area contributed by atoms with E-state index in [0.717, 1.165) is 5.70 Å². The van der Waals surface area contributed by atoms with Crippen LogP contribution in [0.2, 0.25) is 0 Å². The first-order valence-electron chi connectivity index (χ1n) is 10.0. The first kappa shape index (κ1) is 23.2. The third-order valence-electron chi connectivity index (χ3n) is 5.56. The second kappa shape index (κ2) is 8.97. The van der Waals surface area contributed by atoms with E-state index in [9.17, 15) is 22.0 Å². The maximum absolute atomic E-state index is 12.5. The van der Waals surface area contributed by atoms with Crippen LogP contribution in [0.1, 0.15) is 32.3 Å². The molecule has 2 saturated carbocycles. The number of rotatable bonds is 9. The monoisotopic (exact) mass is 447 g/mol. The predicted octanol–water partition coefficient (Wildman–Crippen LogP) is 3.69. The molecule has 172 valence electrons. The number of hydrogen-bond donors (Lipinski definition) is 4. The minimum absolute atomic E-state index is 0.0477. The SMILES string of the molecule is CC(C)N/C(=C\C(=N)c1cnc(N)c(OC(F)F)c1)[C@H]1[C@@H]2C[C@H](NCC(F)(F)F)C[C@@H]21. The van der Waals surface area contributed by atoms with E-state index in [1.54, 1.807) is 6.08 Å². The van der Waals surface area contributed by atoms with Crippen LogP contribution in [0.15, 0.2) is 24.0 Å². The maximum Gasteiger partial charge on any atom is 0.401 e. The molecule has 3 rings (SSSR count). The lowest BCUT2D eigenvalue weighted by molar-refractivity contribution is -0.126. The quantitative estimate of drug-likeness (QED) is 0.342. The van der Waals surface area contributed by atoms with Crippen molar-refractivity contribution in [3.05, 3.63) is 29.6 Å². The highest BCUT2D eigenvalue weighted by Crippen LogP contribution is 2.60. The molecule has 0 saturated heterocycles. The number of fused-ring (bicyclic) bond motifs is 1. The van der Waals surface area contributed by atoms with Crippen molar-refractivity contribution in [3.63, 3.8) is 0 Å². The van der Waals surface area contributed by atoms with Crippen LogP contribution in [-0.4, -0.2) is 42.1 Å². The minimum Gasteiger partial charge on any atom is -0.431 e. The Morgan fingerprint density at radius 3 is 2.52 bits per heavy atom. The zero-order valence-corrected chi connectivity index (χ0v) is 17.1. The van der Waals surface area contributed by atoms with Gasteiger partial charge in [-0.25, -0.2) is 4.98 Å². The Kier molecular flexibility index (Phi) is 6.73. The fourth-order valence-electron chi connectivity index (χ4n) is 4.33. The summed E-state index contributed by atoms with van der Waals surface area (Å²) in [6.07, 6.45) is -0.00630. The lowest BCUT2D eigenvalue weighted by Gasteiger charge is -2.20. The zero-order valence-electron chi connectivity index (χ0n) is 17.1. The van der Waals surface area contributed by atoms with Gasteiger partial charge in [0.05, 0.1) is 12.3 Å². The molecule has 11 heteroatoms. The Hall–Kier alpha value is -2.43. The Morgan fingerprint density at radius 1 is 1.32 bits per heavy atom. The van der Waals surface area contributed by atoms with Crippen molar-refractivity contribution in [1.29, 1.82) is 5.41 Å². The van der Waals surface area contributed by atoms with E-state index in [4.69, 9.17) is 11.1 Å². The predicted molar refractivity (Wildman–Crippen MR) is 106 cm³/mol. The number of pyridine rings is 1. The molecule has 0 radical (unpaired) electrons. The molecule has 2 aliphatic carbocycles. The second-order valence-electron chi connectivity index (χ2n) is 8.32. The van der Waals surface area contributed by atoms with Gasteiger partial charge < -0.3 is 26.5 Å². The molecule has 4 atom stereocenters. The third kappa shape index (κ3) is 6.05. The largest absolute Gasteiger partial charge is 0.431 e. The molecule has 6 nitrogen and oxygen atoms in total. The summed E-state index contributed by atoms with van der Waals surface area (Å²) in [7, 11) is 0. The number of ether oxygens (including phenoxy) is 1. The van der Waals surface area contributed by atoms with Crippen molar-refractivity contribution in [3.8, 4) is 5.75 Å². The van der Waals surface area contributed by atoms with E-state index in [0.29, 0.717) is 12.8 Å². The number of allylic oxidation sites excluding steroid dienone is 2. The van der Waals surface area contributed by atoms with Gasteiger partial charge >= 0.3 is 12.8 Å². The summed E-state index contributed by atoms with van der Waals surface area (Å²) in [6.45, 7) is -0.162. The molecule has 2 fully saturated rings. The van der Waals surface area contributed by atoms with Gasteiger partial charge in [-0.15, -0.1) is 0 Å². The number of nitrogens with zero attached hydrogens (tertiary/aromatic N) is 1. The topological polar surface area (TPSA) is 96.1 Å². The fourth-order valence-corrected chi connectivity index (χ4v) is 4.33. The van der Waals surface area contributed by atoms with E-state index in [1.165, 1.54) is 12.3 Å². The molecule has 31 heavy (non-hydrogen) atoms. The summed E-state index contributed by atoms with van der Waals surface area (Å²) >= 11 is 0. The third-order valence-corrected chi connectivity index (χ3v) is 5.56. The average molecular weight is 447 g/mol. The number of aromatic nitrogens is 1. The van der Waals surface area contributed by atoms with Gasteiger partial charge in [0.25, 0.3) is 0 Å². The molecule has 1 aromatic rings. The van der Waals surface area contributed by atoms with Gasteiger partial charge in [-0.05, 0) is 50.7 Å². The Bertz CT molecular complexity index is 830. The van der Waals surface area contributed by atoms with Gasteiger partial charge in [0.2, 0.25) is 0 Å². The standard InChI is InChI=1S/C20H26F5N5O/c1-9(2)30-15(17-12-4-11(5-13(12)17)29-8-20(23,24)25)6-14(26)10-3-16(31-19(21)22)18(27)28-7-10/h3,6-7,9,11-13,17,19,26,29-30H,4-5,8H2,1-2H3,(H2,27,28)/b15-6-,26-14?/t11-,12+,13-,17-. The molecule has 2 aliphatic rings. The smallest absolute Gasteiger partial charge is 0.401 e. The van der Waals surface area contributed by atoms with Crippen molar-refractivity contribution < 1.29 is 26.7 Å². The number of alkyl halides is 5. The second-order valence-corrected chi connectivity index (χ2v) is 8.32.